The number of likely N-dealkylation sites (tertiary alicyclic amines) is 1. The molecule has 7 nitrogen and oxygen atoms in total. The summed E-state index contributed by atoms with van der Waals surface area (Å²) in [6, 6.07) is 5.99. The molecule has 144 valence electrons. The number of aryl methyl sites for hydroxylation is 1. The lowest BCUT2D eigenvalue weighted by Crippen LogP contribution is -2.39. The lowest BCUT2D eigenvalue weighted by Gasteiger charge is -2.30. The van der Waals surface area contributed by atoms with Gasteiger partial charge in [-0.25, -0.2) is 4.39 Å². The second kappa shape index (κ2) is 7.84. The van der Waals surface area contributed by atoms with E-state index in [-0.39, 0.29) is 24.1 Å². The van der Waals surface area contributed by atoms with Crippen LogP contribution in [0.5, 0.6) is 0 Å². The molecule has 28 heavy (non-hydrogen) atoms. The molecule has 0 radical (unpaired) electrons. The second-order valence-corrected chi connectivity index (χ2v) is 6.88. The molecule has 0 unspecified atom stereocenters. The summed E-state index contributed by atoms with van der Waals surface area (Å²) in [5, 5.41) is 4.01. The van der Waals surface area contributed by atoms with E-state index in [2.05, 4.69) is 20.1 Å². The zero-order chi connectivity index (χ0) is 19.5. The number of benzene rings is 1. The number of piperidine rings is 1. The van der Waals surface area contributed by atoms with Gasteiger partial charge in [0.25, 0.3) is 0 Å². The minimum absolute atomic E-state index is 0.0552. The third kappa shape index (κ3) is 3.90. The first-order valence-corrected chi connectivity index (χ1v) is 9.24. The molecule has 8 heteroatoms. The molecule has 0 N–H and O–H groups in total. The van der Waals surface area contributed by atoms with Crippen molar-refractivity contribution in [3.05, 3.63) is 59.8 Å². The fourth-order valence-electron chi connectivity index (χ4n) is 3.36. The highest BCUT2D eigenvalue weighted by Gasteiger charge is 2.28. The van der Waals surface area contributed by atoms with Gasteiger partial charge in [-0.05, 0) is 44.0 Å². The van der Waals surface area contributed by atoms with Crippen LogP contribution in [-0.4, -0.2) is 44.0 Å². The maximum absolute atomic E-state index is 13.1. The quantitative estimate of drug-likeness (QED) is 0.691. The smallest absolute Gasteiger partial charge is 0.230 e. The predicted molar refractivity (Wildman–Crippen MR) is 98.7 cm³/mol. The van der Waals surface area contributed by atoms with Gasteiger partial charge in [0.1, 0.15) is 5.82 Å². The van der Waals surface area contributed by atoms with E-state index in [1.807, 2.05) is 11.8 Å². The SMILES string of the molecule is Cc1nccnc1CC(=O)N1CCC(c2nc(-c3ccc(F)cc3)no2)CC1. The molecular formula is C20H20FN5O2. The lowest BCUT2D eigenvalue weighted by molar-refractivity contribution is -0.131. The third-order valence-electron chi connectivity index (χ3n) is 5.04. The summed E-state index contributed by atoms with van der Waals surface area (Å²) in [5.74, 6) is 0.882. The number of amides is 1. The Bertz CT molecular complexity index is 965. The van der Waals surface area contributed by atoms with Crippen LogP contribution < -0.4 is 0 Å². The van der Waals surface area contributed by atoms with E-state index < -0.39 is 0 Å². The standard InChI is InChI=1S/C20H20FN5O2/c1-13-17(23-9-8-22-13)12-18(27)26-10-6-15(7-11-26)20-24-19(25-28-20)14-2-4-16(21)5-3-14/h2-5,8-9,15H,6-7,10-12H2,1H3. The number of hydrogen-bond acceptors (Lipinski definition) is 6. The topological polar surface area (TPSA) is 85.0 Å². The molecule has 3 heterocycles. The van der Waals surface area contributed by atoms with E-state index >= 15 is 0 Å². The average molecular weight is 381 g/mol. The molecule has 1 aliphatic heterocycles. The van der Waals surface area contributed by atoms with Gasteiger partial charge in [-0.3, -0.25) is 14.8 Å². The predicted octanol–water partition coefficient (Wildman–Crippen LogP) is 2.92. The highest BCUT2D eigenvalue weighted by molar-refractivity contribution is 5.78. The highest BCUT2D eigenvalue weighted by Crippen LogP contribution is 2.28. The van der Waals surface area contributed by atoms with Crippen molar-refractivity contribution in [2.75, 3.05) is 13.1 Å². The summed E-state index contributed by atoms with van der Waals surface area (Å²) in [5.41, 5.74) is 2.21. The van der Waals surface area contributed by atoms with Gasteiger partial charge in [0.15, 0.2) is 0 Å². The zero-order valence-corrected chi connectivity index (χ0v) is 15.5. The van der Waals surface area contributed by atoms with Crippen molar-refractivity contribution in [2.45, 2.75) is 32.1 Å². The molecule has 0 saturated carbocycles. The van der Waals surface area contributed by atoms with Crippen LogP contribution >= 0.6 is 0 Å². The number of hydrogen-bond donors (Lipinski definition) is 0. The maximum atomic E-state index is 13.1. The van der Waals surface area contributed by atoms with Gasteiger partial charge in [0.2, 0.25) is 17.6 Å². The van der Waals surface area contributed by atoms with Crippen molar-refractivity contribution < 1.29 is 13.7 Å². The molecule has 1 fully saturated rings. The molecule has 2 aromatic heterocycles. The van der Waals surface area contributed by atoms with E-state index in [1.54, 1.807) is 24.5 Å². The van der Waals surface area contributed by atoms with Gasteiger partial charge < -0.3 is 9.42 Å². The minimum atomic E-state index is -0.304. The van der Waals surface area contributed by atoms with Crippen molar-refractivity contribution in [1.29, 1.82) is 0 Å². The molecule has 3 aromatic rings. The van der Waals surface area contributed by atoms with E-state index in [1.165, 1.54) is 12.1 Å². The first kappa shape index (κ1) is 18.2. The van der Waals surface area contributed by atoms with Gasteiger partial charge in [0.05, 0.1) is 17.8 Å². The molecule has 0 bridgehead atoms. The van der Waals surface area contributed by atoms with Gasteiger partial charge >= 0.3 is 0 Å². The maximum Gasteiger partial charge on any atom is 0.230 e. The van der Waals surface area contributed by atoms with Crippen LogP contribution in [0.15, 0.2) is 41.2 Å². The van der Waals surface area contributed by atoms with E-state index in [9.17, 15) is 9.18 Å². The molecule has 4 rings (SSSR count). The van der Waals surface area contributed by atoms with Crippen LogP contribution in [0.3, 0.4) is 0 Å². The molecule has 0 atom stereocenters. The number of carbonyl (C=O) groups excluding carboxylic acids is 1. The van der Waals surface area contributed by atoms with Gasteiger partial charge in [-0.1, -0.05) is 5.16 Å². The van der Waals surface area contributed by atoms with Crippen LogP contribution in [0.4, 0.5) is 4.39 Å². The summed E-state index contributed by atoms with van der Waals surface area (Å²) in [4.78, 5) is 27.3. The number of carbonyl (C=O) groups is 1. The monoisotopic (exact) mass is 381 g/mol. The van der Waals surface area contributed by atoms with Crippen LogP contribution in [0.1, 0.15) is 36.0 Å². The third-order valence-corrected chi connectivity index (χ3v) is 5.04. The Morgan fingerprint density at radius 3 is 2.61 bits per heavy atom. The van der Waals surface area contributed by atoms with Crippen LogP contribution in [-0.2, 0) is 11.2 Å². The largest absolute Gasteiger partial charge is 0.342 e. The van der Waals surface area contributed by atoms with Crippen LogP contribution in [0.2, 0.25) is 0 Å². The number of rotatable bonds is 4. The second-order valence-electron chi connectivity index (χ2n) is 6.88. The fourth-order valence-corrected chi connectivity index (χ4v) is 3.36. The van der Waals surface area contributed by atoms with Crippen molar-refractivity contribution in [1.82, 2.24) is 25.0 Å². The summed E-state index contributed by atoms with van der Waals surface area (Å²) in [6.45, 7) is 3.13. The number of aromatic nitrogens is 4. The Morgan fingerprint density at radius 2 is 1.89 bits per heavy atom. The van der Waals surface area contributed by atoms with E-state index in [0.717, 1.165) is 24.2 Å². The Labute approximate surface area is 161 Å². The number of halogens is 1. The van der Waals surface area contributed by atoms with Crippen molar-refractivity contribution >= 4 is 5.91 Å². The summed E-state index contributed by atoms with van der Waals surface area (Å²) < 4.78 is 18.5. The van der Waals surface area contributed by atoms with Gasteiger partial charge in [-0.2, -0.15) is 4.98 Å². The Balaban J connectivity index is 1.36. The molecule has 1 saturated heterocycles. The Morgan fingerprint density at radius 1 is 1.18 bits per heavy atom. The highest BCUT2D eigenvalue weighted by atomic mass is 19.1. The summed E-state index contributed by atoms with van der Waals surface area (Å²) in [7, 11) is 0. The van der Waals surface area contributed by atoms with Crippen molar-refractivity contribution in [3.63, 3.8) is 0 Å². The minimum Gasteiger partial charge on any atom is -0.342 e. The normalized spacial score (nSPS) is 15.0. The van der Waals surface area contributed by atoms with Crippen molar-refractivity contribution in [3.8, 4) is 11.4 Å². The molecule has 1 amide bonds. The first-order chi connectivity index (χ1) is 13.6. The first-order valence-electron chi connectivity index (χ1n) is 9.24. The Hall–Kier alpha value is -3.16. The van der Waals surface area contributed by atoms with E-state index in [0.29, 0.717) is 30.4 Å². The fraction of sp³-hybridized carbons (Fsp3) is 0.350. The van der Waals surface area contributed by atoms with Gasteiger partial charge in [-0.15, -0.1) is 0 Å². The number of nitrogens with zero attached hydrogens (tertiary/aromatic N) is 5. The summed E-state index contributed by atoms with van der Waals surface area (Å²) in [6.07, 6.45) is 5.02. The van der Waals surface area contributed by atoms with Crippen LogP contribution in [0, 0.1) is 12.7 Å². The Kier molecular flexibility index (Phi) is 5.10. The molecule has 1 aliphatic rings. The molecule has 1 aromatic carbocycles. The van der Waals surface area contributed by atoms with Crippen molar-refractivity contribution in [2.24, 2.45) is 0 Å². The van der Waals surface area contributed by atoms with E-state index in [4.69, 9.17) is 4.52 Å². The van der Waals surface area contributed by atoms with Gasteiger partial charge in [0, 0.05) is 37.0 Å². The lowest BCUT2D eigenvalue weighted by atomic mass is 9.96. The average Bonchev–Trinajstić information content (AvgIpc) is 3.20. The molecule has 0 aliphatic carbocycles. The molecule has 0 spiro atoms. The molecular weight excluding hydrogens is 361 g/mol. The summed E-state index contributed by atoms with van der Waals surface area (Å²) >= 11 is 0. The van der Waals surface area contributed by atoms with Crippen LogP contribution in [0.25, 0.3) is 11.4 Å². The zero-order valence-electron chi connectivity index (χ0n) is 15.5.